The third kappa shape index (κ3) is 4.62. The van der Waals surface area contributed by atoms with Crippen LogP contribution in [0.25, 0.3) is 11.7 Å². The number of hydrogen-bond acceptors (Lipinski definition) is 9. The van der Waals surface area contributed by atoms with Crippen molar-refractivity contribution >= 4 is 63.6 Å². The number of carbonyl (C=O) groups is 3. The first-order chi connectivity index (χ1) is 17.2. The Kier molecular flexibility index (Phi) is 7.46. The van der Waals surface area contributed by atoms with E-state index in [0.717, 1.165) is 23.7 Å². The Bertz CT molecular complexity index is 1350. The van der Waals surface area contributed by atoms with Gasteiger partial charge in [-0.05, 0) is 38.0 Å². The number of ether oxygens (including phenoxy) is 1. The highest BCUT2D eigenvalue weighted by molar-refractivity contribution is 8.26. The van der Waals surface area contributed by atoms with Crippen molar-refractivity contribution in [1.82, 2.24) is 19.6 Å². The number of thiocarbonyl (C=S) groups is 1. The summed E-state index contributed by atoms with van der Waals surface area (Å²) in [6.45, 7) is 6.34. The van der Waals surface area contributed by atoms with Crippen LogP contribution in [-0.4, -0.2) is 68.7 Å². The van der Waals surface area contributed by atoms with Crippen molar-refractivity contribution < 1.29 is 19.1 Å². The van der Waals surface area contributed by atoms with Crippen LogP contribution >= 0.6 is 24.0 Å². The van der Waals surface area contributed by atoms with Gasteiger partial charge in [-0.1, -0.05) is 37.0 Å². The molecule has 0 radical (unpaired) electrons. The predicted molar refractivity (Wildman–Crippen MR) is 142 cm³/mol. The molecule has 10 nitrogen and oxygen atoms in total. The molecule has 2 aliphatic heterocycles. The molecule has 12 heteroatoms. The van der Waals surface area contributed by atoms with Crippen molar-refractivity contribution in [2.45, 2.75) is 45.7 Å². The minimum absolute atomic E-state index is 0.0865. The first-order valence-corrected chi connectivity index (χ1v) is 12.8. The number of carbonyl (C=O) groups excluding carboxylic acids is 3. The smallest absolute Gasteiger partial charge is 0.308 e. The number of aromatic nitrogens is 2. The molecule has 2 aromatic heterocycles. The van der Waals surface area contributed by atoms with E-state index in [-0.39, 0.29) is 35.7 Å². The summed E-state index contributed by atoms with van der Waals surface area (Å²) in [5, 5.41) is 2.76. The highest BCUT2D eigenvalue weighted by atomic mass is 32.2. The molecule has 0 unspecified atom stereocenters. The maximum atomic E-state index is 13.8. The highest BCUT2D eigenvalue weighted by Crippen LogP contribution is 2.35. The number of amides is 2. The second-order valence-corrected chi connectivity index (χ2v) is 10.3. The number of fused-ring (bicyclic) bond motifs is 1. The van der Waals surface area contributed by atoms with Crippen LogP contribution in [-0.2, 0) is 19.1 Å². The third-order valence-corrected chi connectivity index (χ3v) is 7.72. The third-order valence-electron chi connectivity index (χ3n) is 6.39. The van der Waals surface area contributed by atoms with E-state index >= 15 is 0 Å². The average Bonchev–Trinajstić information content (AvgIpc) is 3.14. The van der Waals surface area contributed by atoms with Crippen LogP contribution in [0.1, 0.15) is 37.8 Å². The first-order valence-electron chi connectivity index (χ1n) is 11.6. The molecule has 2 atom stereocenters. The minimum Gasteiger partial charge on any atom is -0.469 e. The van der Waals surface area contributed by atoms with E-state index in [1.807, 2.05) is 26.8 Å². The Morgan fingerprint density at radius 2 is 2.14 bits per heavy atom. The molecule has 2 aromatic rings. The fraction of sp³-hybridized carbons (Fsp3) is 0.417. The van der Waals surface area contributed by atoms with Gasteiger partial charge in [-0.15, -0.1) is 0 Å². The first kappa shape index (κ1) is 25.8. The number of nitrogens with zero attached hydrogens (tertiary/aromatic N) is 4. The molecule has 2 fully saturated rings. The normalized spacial score (nSPS) is 20.3. The molecule has 4 heterocycles. The van der Waals surface area contributed by atoms with Crippen LogP contribution in [0.3, 0.4) is 0 Å². The molecule has 1 N–H and O–H groups in total. The molecule has 0 aliphatic carbocycles. The van der Waals surface area contributed by atoms with Crippen molar-refractivity contribution in [1.29, 1.82) is 0 Å². The van der Waals surface area contributed by atoms with Crippen LogP contribution in [0, 0.1) is 6.92 Å². The second kappa shape index (κ2) is 10.4. The molecular weight excluding hydrogens is 502 g/mol. The lowest BCUT2D eigenvalue weighted by molar-refractivity contribution is -0.143. The number of thioether (sulfide) groups is 1. The van der Waals surface area contributed by atoms with E-state index in [0.29, 0.717) is 28.0 Å². The summed E-state index contributed by atoms with van der Waals surface area (Å²) in [6.07, 6.45) is 3.62. The van der Waals surface area contributed by atoms with Gasteiger partial charge in [0.15, 0.2) is 0 Å². The van der Waals surface area contributed by atoms with E-state index in [1.165, 1.54) is 17.6 Å². The van der Waals surface area contributed by atoms with Crippen molar-refractivity contribution in [2.24, 2.45) is 0 Å². The molecule has 2 saturated heterocycles. The second-order valence-electron chi connectivity index (χ2n) is 8.63. The molecule has 36 heavy (non-hydrogen) atoms. The van der Waals surface area contributed by atoms with Crippen molar-refractivity contribution in [3.05, 3.63) is 44.7 Å². The summed E-state index contributed by atoms with van der Waals surface area (Å²) in [5.41, 5.74) is 0.934. The lowest BCUT2D eigenvalue weighted by atomic mass is 10.1. The van der Waals surface area contributed by atoms with E-state index in [2.05, 4.69) is 5.32 Å². The van der Waals surface area contributed by atoms with Gasteiger partial charge in [-0.3, -0.25) is 28.5 Å². The molecule has 2 aliphatic rings. The number of hydrogen-bond donors (Lipinski definition) is 1. The van der Waals surface area contributed by atoms with Crippen LogP contribution in [0.2, 0.25) is 0 Å². The molecule has 0 aromatic carbocycles. The van der Waals surface area contributed by atoms with E-state index in [4.69, 9.17) is 21.9 Å². The number of pyridine rings is 1. The number of nitrogens with one attached hydrogen (secondary N) is 1. The van der Waals surface area contributed by atoms with Gasteiger partial charge < -0.3 is 15.0 Å². The Balaban J connectivity index is 1.92. The monoisotopic (exact) mass is 529 g/mol. The summed E-state index contributed by atoms with van der Waals surface area (Å²) >= 11 is 6.58. The maximum absolute atomic E-state index is 13.8. The predicted octanol–water partition coefficient (Wildman–Crippen LogP) is 1.87. The van der Waals surface area contributed by atoms with Gasteiger partial charge in [0.1, 0.15) is 21.8 Å². The molecule has 4 rings (SSSR count). The fourth-order valence-electron chi connectivity index (χ4n) is 4.23. The van der Waals surface area contributed by atoms with Gasteiger partial charge in [0.05, 0.1) is 24.0 Å². The van der Waals surface area contributed by atoms with Crippen LogP contribution in [0.5, 0.6) is 0 Å². The molecular formula is C24H27N5O5S2. The number of rotatable bonds is 6. The van der Waals surface area contributed by atoms with Gasteiger partial charge >= 0.3 is 5.97 Å². The average molecular weight is 530 g/mol. The lowest BCUT2D eigenvalue weighted by Gasteiger charge is -2.36. The van der Waals surface area contributed by atoms with Gasteiger partial charge in [0, 0.05) is 25.3 Å². The highest BCUT2D eigenvalue weighted by Gasteiger charge is 2.37. The molecule has 0 spiro atoms. The van der Waals surface area contributed by atoms with Crippen molar-refractivity contribution in [3.8, 4) is 0 Å². The number of anilines is 1. The summed E-state index contributed by atoms with van der Waals surface area (Å²) in [6, 6.07) is 2.56. The van der Waals surface area contributed by atoms with E-state index < -0.39 is 17.6 Å². The minimum atomic E-state index is -0.925. The van der Waals surface area contributed by atoms with E-state index in [1.54, 1.807) is 22.1 Å². The van der Waals surface area contributed by atoms with Gasteiger partial charge in [0.25, 0.3) is 11.5 Å². The number of aryl methyl sites for hydroxylation is 1. The Morgan fingerprint density at radius 3 is 2.83 bits per heavy atom. The molecule has 0 bridgehead atoms. The lowest BCUT2D eigenvalue weighted by Crippen LogP contribution is -2.57. The topological polar surface area (TPSA) is 113 Å². The standard InChI is InChI=1S/C24H27N5O5S2/c1-5-14(3)29-23(33)17(36-24(29)35)11-15-20(26-19-13(2)7-6-9-28(19)22(15)32)27-10-8-25-21(31)16(27)12-18(30)34-4/h6-7,9,11,14,16H,5,8,10,12H2,1-4H3,(H,25,31)/b17-11-/t14-,16-/m0/s1. The summed E-state index contributed by atoms with van der Waals surface area (Å²) in [7, 11) is 1.25. The van der Waals surface area contributed by atoms with Gasteiger partial charge in [-0.25, -0.2) is 4.98 Å². The van der Waals surface area contributed by atoms with E-state index in [9.17, 15) is 19.2 Å². The molecule has 190 valence electrons. The number of piperazine rings is 1. The van der Waals surface area contributed by atoms with Crippen LogP contribution in [0.15, 0.2) is 28.0 Å². The number of methoxy groups -OCH3 is 1. The summed E-state index contributed by atoms with van der Waals surface area (Å²) in [5.74, 6) is -0.979. The zero-order valence-corrected chi connectivity index (χ0v) is 22.1. The molecule has 2 amide bonds. The largest absolute Gasteiger partial charge is 0.469 e. The summed E-state index contributed by atoms with van der Waals surface area (Å²) < 4.78 is 6.64. The van der Waals surface area contributed by atoms with Gasteiger partial charge in [0.2, 0.25) is 5.91 Å². The Morgan fingerprint density at radius 1 is 1.39 bits per heavy atom. The Hall–Kier alpha value is -3.25. The quantitative estimate of drug-likeness (QED) is 0.340. The number of esters is 1. The van der Waals surface area contributed by atoms with Crippen molar-refractivity contribution in [3.63, 3.8) is 0 Å². The zero-order valence-electron chi connectivity index (χ0n) is 20.4. The zero-order chi connectivity index (χ0) is 26.1. The molecule has 0 saturated carbocycles. The fourth-order valence-corrected chi connectivity index (χ4v) is 5.68. The van der Waals surface area contributed by atoms with Crippen LogP contribution in [0.4, 0.5) is 5.82 Å². The SMILES string of the molecule is CC[C@H](C)N1C(=O)/C(=C/c2c(N3CCNC(=O)[C@@H]3CC(=O)OC)nc3c(C)cccn3c2=O)SC1=S. The Labute approximate surface area is 217 Å². The van der Waals surface area contributed by atoms with Crippen LogP contribution < -0.4 is 15.8 Å². The van der Waals surface area contributed by atoms with Gasteiger partial charge in [-0.2, -0.15) is 0 Å². The maximum Gasteiger partial charge on any atom is 0.308 e. The van der Waals surface area contributed by atoms with Crippen molar-refractivity contribution in [2.75, 3.05) is 25.1 Å². The summed E-state index contributed by atoms with van der Waals surface area (Å²) in [4.78, 5) is 60.1.